The molecule has 2 rings (SSSR count). The first-order valence-corrected chi connectivity index (χ1v) is 7.63. The van der Waals surface area contributed by atoms with Gasteiger partial charge in [0.2, 0.25) is 5.78 Å². The summed E-state index contributed by atoms with van der Waals surface area (Å²) >= 11 is 4.97. The van der Waals surface area contributed by atoms with Crippen molar-refractivity contribution in [2.75, 3.05) is 0 Å². The van der Waals surface area contributed by atoms with E-state index in [1.54, 1.807) is 22.2 Å². The van der Waals surface area contributed by atoms with E-state index in [-0.39, 0.29) is 5.78 Å². The Labute approximate surface area is 119 Å². The quantitative estimate of drug-likeness (QED) is 0.781. The van der Waals surface area contributed by atoms with Crippen LogP contribution in [0.15, 0.2) is 22.8 Å². The number of aryl methyl sites for hydroxylation is 2. The Morgan fingerprint density at radius 1 is 1.44 bits per heavy atom. The predicted molar refractivity (Wildman–Crippen MR) is 77.3 cm³/mol. The zero-order chi connectivity index (χ0) is 13.1. The smallest absolute Gasteiger partial charge is 0.222 e. The maximum Gasteiger partial charge on any atom is 0.222 e. The number of nitrogens with zero attached hydrogens (tertiary/aromatic N) is 2. The summed E-state index contributed by atoms with van der Waals surface area (Å²) in [5.74, 6) is 0.0533. The van der Waals surface area contributed by atoms with Crippen LogP contribution in [-0.2, 0) is 13.0 Å². The summed E-state index contributed by atoms with van der Waals surface area (Å²) in [4.78, 5) is 14.5. The molecule has 0 fully saturated rings. The molecule has 2 aromatic rings. The summed E-state index contributed by atoms with van der Waals surface area (Å²) in [5, 5.41) is 4.23. The molecular weight excluding hydrogens is 312 g/mol. The maximum absolute atomic E-state index is 12.5. The summed E-state index contributed by atoms with van der Waals surface area (Å²) in [5.41, 5.74) is 0.654. The molecule has 0 aromatic carbocycles. The van der Waals surface area contributed by atoms with E-state index in [1.807, 2.05) is 12.1 Å². The molecule has 0 unspecified atom stereocenters. The largest absolute Gasteiger partial charge is 0.286 e. The average molecular weight is 327 g/mol. The number of hydrogen-bond acceptors (Lipinski definition) is 3. The third kappa shape index (κ3) is 2.57. The van der Waals surface area contributed by atoms with E-state index in [9.17, 15) is 4.79 Å². The second-order valence-electron chi connectivity index (χ2n) is 4.01. The number of halogens is 1. The van der Waals surface area contributed by atoms with Gasteiger partial charge < -0.3 is 0 Å². The molecule has 2 heterocycles. The van der Waals surface area contributed by atoms with E-state index in [1.165, 1.54) is 4.88 Å². The van der Waals surface area contributed by atoms with Crippen LogP contribution in [0.3, 0.4) is 0 Å². The third-order valence-corrected chi connectivity index (χ3v) is 4.49. The highest BCUT2D eigenvalue weighted by Crippen LogP contribution is 2.24. The van der Waals surface area contributed by atoms with Gasteiger partial charge >= 0.3 is 0 Å². The molecule has 0 bridgehead atoms. The van der Waals surface area contributed by atoms with Gasteiger partial charge in [-0.1, -0.05) is 13.8 Å². The van der Waals surface area contributed by atoms with Gasteiger partial charge in [0.1, 0.15) is 5.69 Å². The van der Waals surface area contributed by atoms with Gasteiger partial charge in [0.05, 0.1) is 15.5 Å². The fourth-order valence-corrected chi connectivity index (χ4v) is 3.14. The summed E-state index contributed by atoms with van der Waals surface area (Å²) in [7, 11) is 0. The lowest BCUT2D eigenvalue weighted by Crippen LogP contribution is -2.11. The van der Waals surface area contributed by atoms with Crippen LogP contribution in [0, 0.1) is 0 Å². The van der Waals surface area contributed by atoms with E-state index < -0.39 is 0 Å². The van der Waals surface area contributed by atoms with Crippen LogP contribution in [0.5, 0.6) is 0 Å². The second kappa shape index (κ2) is 5.80. The van der Waals surface area contributed by atoms with Gasteiger partial charge in [0, 0.05) is 11.4 Å². The van der Waals surface area contributed by atoms with Crippen LogP contribution in [0.1, 0.15) is 40.5 Å². The van der Waals surface area contributed by atoms with Crippen LogP contribution < -0.4 is 0 Å². The Hall–Kier alpha value is -0.940. The van der Waals surface area contributed by atoms with Crippen molar-refractivity contribution in [3.8, 4) is 0 Å². The van der Waals surface area contributed by atoms with Crippen LogP contribution in [0.4, 0.5) is 0 Å². The molecule has 0 radical (unpaired) electrons. The lowest BCUT2D eigenvalue weighted by atomic mass is 10.2. The molecule has 0 aliphatic heterocycles. The molecule has 18 heavy (non-hydrogen) atoms. The minimum atomic E-state index is 0.0533. The molecule has 0 atom stereocenters. The minimum Gasteiger partial charge on any atom is -0.286 e. The summed E-state index contributed by atoms with van der Waals surface area (Å²) < 4.78 is 2.55. The van der Waals surface area contributed by atoms with Crippen LogP contribution in [0.2, 0.25) is 0 Å². The van der Waals surface area contributed by atoms with Crippen molar-refractivity contribution in [2.24, 2.45) is 0 Å². The molecule has 0 N–H and O–H groups in total. The first-order valence-electron chi connectivity index (χ1n) is 6.02. The van der Waals surface area contributed by atoms with Crippen molar-refractivity contribution < 1.29 is 4.79 Å². The van der Waals surface area contributed by atoms with Crippen LogP contribution in [0.25, 0.3) is 0 Å². The summed E-state index contributed by atoms with van der Waals surface area (Å²) in [6, 6.07) is 3.92. The van der Waals surface area contributed by atoms with Crippen molar-refractivity contribution in [3.05, 3.63) is 38.3 Å². The summed E-state index contributed by atoms with van der Waals surface area (Å²) in [6.45, 7) is 4.93. The fraction of sp³-hybridized carbons (Fsp3) is 0.385. The molecule has 0 amide bonds. The highest BCUT2D eigenvalue weighted by atomic mass is 79.9. The molecule has 0 aliphatic rings. The van der Waals surface area contributed by atoms with Crippen LogP contribution >= 0.6 is 27.3 Å². The molecule has 0 saturated heterocycles. The van der Waals surface area contributed by atoms with E-state index in [2.05, 4.69) is 34.9 Å². The highest BCUT2D eigenvalue weighted by Gasteiger charge is 2.19. The van der Waals surface area contributed by atoms with Crippen molar-refractivity contribution in [3.63, 3.8) is 0 Å². The SMILES string of the molecule is CCCn1ncc(Br)c1C(=O)c1ccc(CC)s1. The molecule has 0 spiro atoms. The second-order valence-corrected chi connectivity index (χ2v) is 6.04. The van der Waals surface area contributed by atoms with E-state index >= 15 is 0 Å². The topological polar surface area (TPSA) is 34.9 Å². The fourth-order valence-electron chi connectivity index (χ4n) is 1.78. The van der Waals surface area contributed by atoms with E-state index in [4.69, 9.17) is 0 Å². The molecule has 0 aliphatic carbocycles. The lowest BCUT2D eigenvalue weighted by Gasteiger charge is -2.04. The Balaban J connectivity index is 2.35. The monoisotopic (exact) mass is 326 g/mol. The van der Waals surface area contributed by atoms with Gasteiger partial charge in [-0.2, -0.15) is 5.10 Å². The third-order valence-electron chi connectivity index (χ3n) is 2.68. The number of aromatic nitrogens is 2. The Kier molecular flexibility index (Phi) is 4.35. The van der Waals surface area contributed by atoms with E-state index in [0.29, 0.717) is 5.69 Å². The first kappa shape index (κ1) is 13.5. The summed E-state index contributed by atoms with van der Waals surface area (Å²) in [6.07, 6.45) is 3.61. The molecule has 0 saturated carbocycles. The molecule has 5 heteroatoms. The standard InChI is InChI=1S/C13H15BrN2OS/c1-3-7-16-12(10(14)8-15-16)13(17)11-6-5-9(4-2)18-11/h5-6,8H,3-4,7H2,1-2H3. The van der Waals surface area contributed by atoms with Gasteiger partial charge in [0.15, 0.2) is 0 Å². The maximum atomic E-state index is 12.5. The van der Waals surface area contributed by atoms with Crippen LogP contribution in [-0.4, -0.2) is 15.6 Å². The van der Waals surface area contributed by atoms with Gasteiger partial charge in [-0.25, -0.2) is 0 Å². The number of hydrogen-bond donors (Lipinski definition) is 0. The van der Waals surface area contributed by atoms with Gasteiger partial charge in [-0.15, -0.1) is 11.3 Å². The Bertz CT molecular complexity index is 559. The number of carbonyl (C=O) groups is 1. The Morgan fingerprint density at radius 3 is 2.83 bits per heavy atom. The van der Waals surface area contributed by atoms with E-state index in [0.717, 1.165) is 28.7 Å². The van der Waals surface area contributed by atoms with Crippen molar-refractivity contribution in [1.29, 1.82) is 0 Å². The van der Waals surface area contributed by atoms with Crippen molar-refractivity contribution in [2.45, 2.75) is 33.2 Å². The highest BCUT2D eigenvalue weighted by molar-refractivity contribution is 9.10. The number of thiophene rings is 1. The first-order chi connectivity index (χ1) is 8.67. The zero-order valence-electron chi connectivity index (χ0n) is 10.4. The minimum absolute atomic E-state index is 0.0533. The van der Waals surface area contributed by atoms with Gasteiger partial charge in [0.25, 0.3) is 0 Å². The average Bonchev–Trinajstić information content (AvgIpc) is 2.96. The van der Waals surface area contributed by atoms with Crippen molar-refractivity contribution >= 4 is 33.0 Å². The number of ketones is 1. The molecule has 2 aromatic heterocycles. The van der Waals surface area contributed by atoms with Gasteiger partial charge in [-0.3, -0.25) is 9.48 Å². The van der Waals surface area contributed by atoms with Gasteiger partial charge in [-0.05, 0) is 40.9 Å². The van der Waals surface area contributed by atoms with Crippen molar-refractivity contribution in [1.82, 2.24) is 9.78 Å². The zero-order valence-corrected chi connectivity index (χ0v) is 12.8. The molecule has 3 nitrogen and oxygen atoms in total. The molecule has 96 valence electrons. The number of carbonyl (C=O) groups excluding carboxylic acids is 1. The Morgan fingerprint density at radius 2 is 2.22 bits per heavy atom. The lowest BCUT2D eigenvalue weighted by molar-refractivity contribution is 0.103. The predicted octanol–water partition coefficient (Wildman–Crippen LogP) is 3.91. The molecular formula is C13H15BrN2OS. The normalized spacial score (nSPS) is 10.8. The number of rotatable bonds is 5.